The van der Waals surface area contributed by atoms with E-state index in [0.717, 1.165) is 18.2 Å². The highest BCUT2D eigenvalue weighted by Gasteiger charge is 2.38. The Hall–Kier alpha value is -3.15. The minimum absolute atomic E-state index is 0.0605. The summed E-state index contributed by atoms with van der Waals surface area (Å²) in [5, 5.41) is 22.0. The summed E-state index contributed by atoms with van der Waals surface area (Å²) < 4.78 is 52.3. The van der Waals surface area contributed by atoms with Crippen LogP contribution in [0.25, 0.3) is 0 Å². The normalized spacial score (nSPS) is 11.0. The fourth-order valence-corrected chi connectivity index (χ4v) is 2.01. The maximum absolute atomic E-state index is 13.6. The molecule has 1 N–H and O–H groups in total. The van der Waals surface area contributed by atoms with Crippen LogP contribution in [0.5, 0.6) is 0 Å². The topological polar surface area (TPSA) is 79.0 Å². The highest BCUT2D eigenvalue weighted by molar-refractivity contribution is 5.55. The number of nitrogens with one attached hydrogen (secondary N) is 1. The Labute approximate surface area is 133 Å². The molecule has 24 heavy (non-hydrogen) atoms. The number of nitriles is 1. The minimum Gasteiger partial charge on any atom is -0.381 e. The molecule has 124 valence electrons. The van der Waals surface area contributed by atoms with Gasteiger partial charge < -0.3 is 5.32 Å². The molecule has 0 fully saturated rings. The van der Waals surface area contributed by atoms with E-state index in [1.165, 1.54) is 12.1 Å². The van der Waals surface area contributed by atoms with Crippen LogP contribution in [0.1, 0.15) is 16.7 Å². The van der Waals surface area contributed by atoms with Crippen molar-refractivity contribution in [2.75, 3.05) is 5.32 Å². The molecule has 0 aliphatic rings. The standard InChI is InChI=1S/C15H9F4N3O2/c16-13-3-1-9(7-20)5-10(13)8-21-11-2-4-14(22(23)24)12(6-11)15(17,18)19/h1-6,21H,8H2. The third-order valence-corrected chi connectivity index (χ3v) is 3.16. The molecule has 2 aromatic rings. The van der Waals surface area contributed by atoms with Gasteiger partial charge in [-0.15, -0.1) is 0 Å². The van der Waals surface area contributed by atoms with E-state index in [0.29, 0.717) is 6.07 Å². The SMILES string of the molecule is N#Cc1ccc(F)c(CNc2ccc([N+](=O)[O-])c(C(F)(F)F)c2)c1. The summed E-state index contributed by atoms with van der Waals surface area (Å²) in [6.07, 6.45) is -4.90. The molecule has 2 aromatic carbocycles. The smallest absolute Gasteiger partial charge is 0.381 e. The molecule has 0 saturated heterocycles. The number of anilines is 1. The van der Waals surface area contributed by atoms with Crippen LogP contribution in [0, 0.1) is 27.3 Å². The lowest BCUT2D eigenvalue weighted by Crippen LogP contribution is -2.10. The second-order valence-corrected chi connectivity index (χ2v) is 4.76. The van der Waals surface area contributed by atoms with Gasteiger partial charge in [0.1, 0.15) is 11.4 Å². The van der Waals surface area contributed by atoms with E-state index in [1.807, 2.05) is 6.07 Å². The van der Waals surface area contributed by atoms with Crippen LogP contribution in [-0.2, 0) is 12.7 Å². The van der Waals surface area contributed by atoms with E-state index in [4.69, 9.17) is 5.26 Å². The first kappa shape index (κ1) is 17.2. The van der Waals surface area contributed by atoms with E-state index in [-0.39, 0.29) is 23.4 Å². The first-order valence-corrected chi connectivity index (χ1v) is 6.50. The first-order chi connectivity index (χ1) is 11.2. The molecular formula is C15H9F4N3O2. The fourth-order valence-electron chi connectivity index (χ4n) is 2.01. The summed E-state index contributed by atoms with van der Waals surface area (Å²) in [5.41, 5.74) is -2.24. The Balaban J connectivity index is 2.28. The van der Waals surface area contributed by atoms with Gasteiger partial charge in [-0.2, -0.15) is 18.4 Å². The van der Waals surface area contributed by atoms with Crippen molar-refractivity contribution in [2.24, 2.45) is 0 Å². The molecular weight excluding hydrogens is 330 g/mol. The van der Waals surface area contributed by atoms with E-state index < -0.39 is 28.2 Å². The molecule has 2 rings (SSSR count). The molecule has 0 radical (unpaired) electrons. The quantitative estimate of drug-likeness (QED) is 0.513. The van der Waals surface area contributed by atoms with Crippen LogP contribution in [0.15, 0.2) is 36.4 Å². The highest BCUT2D eigenvalue weighted by atomic mass is 19.4. The van der Waals surface area contributed by atoms with Gasteiger partial charge in [0.25, 0.3) is 5.69 Å². The summed E-state index contributed by atoms with van der Waals surface area (Å²) in [6, 6.07) is 7.85. The third kappa shape index (κ3) is 3.78. The van der Waals surface area contributed by atoms with Crippen LogP contribution in [0.3, 0.4) is 0 Å². The predicted octanol–water partition coefficient (Wildman–Crippen LogP) is 4.24. The Kier molecular flexibility index (Phi) is 4.69. The monoisotopic (exact) mass is 339 g/mol. The molecule has 0 spiro atoms. The molecule has 9 heteroatoms. The predicted molar refractivity (Wildman–Crippen MR) is 76.5 cm³/mol. The van der Waals surface area contributed by atoms with Gasteiger partial charge in [-0.25, -0.2) is 4.39 Å². The first-order valence-electron chi connectivity index (χ1n) is 6.50. The molecule has 0 aliphatic heterocycles. The number of halogens is 4. The van der Waals surface area contributed by atoms with Gasteiger partial charge in [0, 0.05) is 23.9 Å². The van der Waals surface area contributed by atoms with Gasteiger partial charge in [0.05, 0.1) is 16.6 Å². The summed E-state index contributed by atoms with van der Waals surface area (Å²) in [7, 11) is 0. The van der Waals surface area contributed by atoms with Gasteiger partial charge in [-0.1, -0.05) is 0 Å². The lowest BCUT2D eigenvalue weighted by Gasteiger charge is -2.12. The van der Waals surface area contributed by atoms with Gasteiger partial charge in [-0.05, 0) is 30.3 Å². The molecule has 0 heterocycles. The van der Waals surface area contributed by atoms with E-state index in [9.17, 15) is 27.7 Å². The molecule has 0 aromatic heterocycles. The number of nitrogens with zero attached hydrogens (tertiary/aromatic N) is 2. The molecule has 0 saturated carbocycles. The van der Waals surface area contributed by atoms with Crippen LogP contribution in [-0.4, -0.2) is 4.92 Å². The summed E-state index contributed by atoms with van der Waals surface area (Å²) in [6.45, 7) is -0.184. The van der Waals surface area contributed by atoms with Crippen molar-refractivity contribution in [2.45, 2.75) is 12.7 Å². The van der Waals surface area contributed by atoms with Crippen molar-refractivity contribution in [3.8, 4) is 6.07 Å². The van der Waals surface area contributed by atoms with Gasteiger partial charge in [0.2, 0.25) is 0 Å². The van der Waals surface area contributed by atoms with Crippen molar-refractivity contribution in [3.05, 3.63) is 69.0 Å². The van der Waals surface area contributed by atoms with Gasteiger partial charge >= 0.3 is 6.18 Å². The summed E-state index contributed by atoms with van der Waals surface area (Å²) in [5.74, 6) is -0.626. The number of hydrogen-bond donors (Lipinski definition) is 1. The number of alkyl halides is 3. The zero-order chi connectivity index (χ0) is 17.9. The number of nitro benzene ring substituents is 1. The maximum atomic E-state index is 13.6. The van der Waals surface area contributed by atoms with E-state index >= 15 is 0 Å². The van der Waals surface area contributed by atoms with Crippen molar-refractivity contribution in [3.63, 3.8) is 0 Å². The Morgan fingerprint density at radius 3 is 2.50 bits per heavy atom. The van der Waals surface area contributed by atoms with E-state index in [2.05, 4.69) is 5.32 Å². The molecule has 0 atom stereocenters. The van der Waals surface area contributed by atoms with Gasteiger partial charge in [-0.3, -0.25) is 10.1 Å². The number of benzene rings is 2. The lowest BCUT2D eigenvalue weighted by atomic mass is 10.1. The highest BCUT2D eigenvalue weighted by Crippen LogP contribution is 2.37. The molecule has 0 aliphatic carbocycles. The largest absolute Gasteiger partial charge is 0.423 e. The van der Waals surface area contributed by atoms with Crippen molar-refractivity contribution in [1.29, 1.82) is 5.26 Å². The molecule has 0 amide bonds. The second kappa shape index (κ2) is 6.54. The average molecular weight is 339 g/mol. The van der Waals surface area contributed by atoms with Gasteiger partial charge in [0.15, 0.2) is 0 Å². The lowest BCUT2D eigenvalue weighted by molar-refractivity contribution is -0.388. The number of rotatable bonds is 4. The van der Waals surface area contributed by atoms with Crippen LogP contribution in [0.2, 0.25) is 0 Å². The molecule has 0 unspecified atom stereocenters. The number of hydrogen-bond acceptors (Lipinski definition) is 4. The minimum atomic E-state index is -4.90. The maximum Gasteiger partial charge on any atom is 0.423 e. The Bertz CT molecular complexity index is 828. The van der Waals surface area contributed by atoms with Crippen LogP contribution >= 0.6 is 0 Å². The number of nitro groups is 1. The second-order valence-electron chi connectivity index (χ2n) is 4.76. The Morgan fingerprint density at radius 1 is 1.21 bits per heavy atom. The van der Waals surface area contributed by atoms with Crippen molar-refractivity contribution in [1.82, 2.24) is 0 Å². The van der Waals surface area contributed by atoms with E-state index in [1.54, 1.807) is 0 Å². The van der Waals surface area contributed by atoms with Crippen molar-refractivity contribution >= 4 is 11.4 Å². The Morgan fingerprint density at radius 2 is 1.92 bits per heavy atom. The zero-order valence-electron chi connectivity index (χ0n) is 11.9. The summed E-state index contributed by atoms with van der Waals surface area (Å²) in [4.78, 5) is 9.56. The zero-order valence-corrected chi connectivity index (χ0v) is 11.9. The molecule has 0 bridgehead atoms. The summed E-state index contributed by atoms with van der Waals surface area (Å²) >= 11 is 0. The third-order valence-electron chi connectivity index (χ3n) is 3.16. The molecule has 5 nitrogen and oxygen atoms in total. The average Bonchev–Trinajstić information content (AvgIpc) is 2.53. The fraction of sp³-hybridized carbons (Fsp3) is 0.133. The van der Waals surface area contributed by atoms with Crippen LogP contribution in [0.4, 0.5) is 28.9 Å². The van der Waals surface area contributed by atoms with Crippen molar-refractivity contribution < 1.29 is 22.5 Å². The van der Waals surface area contributed by atoms with Crippen LogP contribution < -0.4 is 5.32 Å².